The molecule has 1 saturated heterocycles. The third kappa shape index (κ3) is 5.42. The van der Waals surface area contributed by atoms with Crippen molar-refractivity contribution < 1.29 is 37.0 Å². The van der Waals surface area contributed by atoms with Gasteiger partial charge in [-0.3, -0.25) is 9.59 Å². The Balaban J connectivity index is 2.17. The van der Waals surface area contributed by atoms with Crippen LogP contribution in [0, 0.1) is 5.82 Å². The van der Waals surface area contributed by atoms with Crippen LogP contribution in [-0.4, -0.2) is 40.0 Å². The van der Waals surface area contributed by atoms with Crippen molar-refractivity contribution in [2.24, 2.45) is 10.2 Å². The molecule has 0 aromatic heterocycles. The van der Waals surface area contributed by atoms with E-state index in [0.717, 1.165) is 30.1 Å². The lowest BCUT2D eigenvalue weighted by molar-refractivity contribution is -0.275. The Bertz CT molecular complexity index is 800. The summed E-state index contributed by atoms with van der Waals surface area (Å²) >= 11 is 3.78. The summed E-state index contributed by atoms with van der Waals surface area (Å²) < 4.78 is 54.5. The quantitative estimate of drug-likeness (QED) is 0.402. The molecule has 140 valence electrons. The van der Waals surface area contributed by atoms with E-state index in [4.69, 9.17) is 5.11 Å². The van der Waals surface area contributed by atoms with Crippen LogP contribution in [0.15, 0.2) is 26.8 Å². The van der Waals surface area contributed by atoms with Crippen molar-refractivity contribution >= 4 is 51.0 Å². The lowest BCUT2D eigenvalue weighted by Crippen LogP contribution is -2.26. The Hall–Kier alpha value is -2.15. The van der Waals surface area contributed by atoms with Gasteiger partial charge in [0.2, 0.25) is 5.91 Å². The van der Waals surface area contributed by atoms with E-state index in [2.05, 4.69) is 36.2 Å². The summed E-state index contributed by atoms with van der Waals surface area (Å²) in [5.41, 5.74) is -0.354. The van der Waals surface area contributed by atoms with Crippen LogP contribution in [-0.2, 0) is 9.59 Å². The zero-order chi connectivity index (χ0) is 19.5. The maximum Gasteiger partial charge on any atom is 0.573 e. The number of alkyl halides is 3. The second-order valence-electron chi connectivity index (χ2n) is 4.66. The van der Waals surface area contributed by atoms with E-state index in [9.17, 15) is 27.2 Å². The van der Waals surface area contributed by atoms with Crippen molar-refractivity contribution in [2.45, 2.75) is 18.0 Å². The van der Waals surface area contributed by atoms with Crippen LogP contribution >= 0.6 is 27.7 Å². The third-order valence-electron chi connectivity index (χ3n) is 2.79. The van der Waals surface area contributed by atoms with Crippen molar-refractivity contribution in [2.75, 3.05) is 0 Å². The van der Waals surface area contributed by atoms with E-state index in [0.29, 0.717) is 0 Å². The minimum absolute atomic E-state index is 0.0169. The predicted molar refractivity (Wildman–Crippen MR) is 87.6 cm³/mol. The Morgan fingerprint density at radius 1 is 1.46 bits per heavy atom. The predicted octanol–water partition coefficient (Wildman–Crippen LogP) is 2.88. The summed E-state index contributed by atoms with van der Waals surface area (Å²) in [7, 11) is 0. The molecule has 1 amide bonds. The molecule has 1 atom stereocenters. The first-order valence-electron chi connectivity index (χ1n) is 6.61. The summed E-state index contributed by atoms with van der Waals surface area (Å²) in [5, 5.41) is 17.1. The van der Waals surface area contributed by atoms with E-state index in [1.54, 1.807) is 0 Å². The summed E-state index contributed by atoms with van der Waals surface area (Å²) in [6, 6.07) is 1.92. The average molecular weight is 458 g/mol. The lowest BCUT2D eigenvalue weighted by Gasteiger charge is -2.11. The first kappa shape index (κ1) is 20.2. The van der Waals surface area contributed by atoms with Gasteiger partial charge in [0.05, 0.1) is 12.6 Å². The molecule has 1 heterocycles. The van der Waals surface area contributed by atoms with Crippen LogP contribution in [0.1, 0.15) is 12.0 Å². The molecule has 1 aromatic carbocycles. The fourth-order valence-electron chi connectivity index (χ4n) is 1.76. The number of aliphatic carboxylic acids is 1. The van der Waals surface area contributed by atoms with Gasteiger partial charge >= 0.3 is 12.3 Å². The van der Waals surface area contributed by atoms with Gasteiger partial charge in [0.25, 0.3) is 0 Å². The first-order chi connectivity index (χ1) is 12.1. The highest BCUT2D eigenvalue weighted by molar-refractivity contribution is 9.10. The van der Waals surface area contributed by atoms with Gasteiger partial charge in [-0.15, -0.1) is 18.3 Å². The second kappa shape index (κ2) is 8.03. The molecule has 1 aliphatic rings. The van der Waals surface area contributed by atoms with Gasteiger partial charge < -0.3 is 15.2 Å². The van der Waals surface area contributed by atoms with Gasteiger partial charge in [0, 0.05) is 10.0 Å². The van der Waals surface area contributed by atoms with Gasteiger partial charge in [0.1, 0.15) is 5.25 Å². The average Bonchev–Trinajstić information content (AvgIpc) is 2.84. The monoisotopic (exact) mass is 457 g/mol. The zero-order valence-electron chi connectivity index (χ0n) is 12.4. The number of hydrogen-bond acceptors (Lipinski definition) is 6. The fraction of sp³-hybridized carbons (Fsp3) is 0.231. The normalized spacial score (nSPS) is 19.2. The Morgan fingerprint density at radius 2 is 2.15 bits per heavy atom. The number of thioether (sulfide) groups is 1. The van der Waals surface area contributed by atoms with Crippen molar-refractivity contribution in [3.8, 4) is 5.75 Å². The Kier molecular flexibility index (Phi) is 6.23. The topological polar surface area (TPSA) is 100 Å². The zero-order valence-corrected chi connectivity index (χ0v) is 14.8. The van der Waals surface area contributed by atoms with E-state index < -0.39 is 41.5 Å². The van der Waals surface area contributed by atoms with Gasteiger partial charge in [-0.25, -0.2) is 4.39 Å². The number of nitrogens with one attached hydrogen (secondary N) is 1. The summed E-state index contributed by atoms with van der Waals surface area (Å²) in [5.74, 6) is -4.10. The number of carbonyl (C=O) groups is 2. The molecule has 26 heavy (non-hydrogen) atoms. The Labute approximate surface area is 155 Å². The number of nitrogens with zero attached hydrogens (tertiary/aromatic N) is 2. The molecule has 1 aromatic rings. The number of halogens is 5. The molecule has 1 unspecified atom stereocenters. The van der Waals surface area contributed by atoms with E-state index in [-0.39, 0.29) is 15.2 Å². The number of amides is 1. The SMILES string of the molecule is O=C(O)CC1SC(=NN=Cc2c(Br)ccc(OC(F)(F)F)c2F)NC1=O. The number of carboxylic acids is 1. The highest BCUT2D eigenvalue weighted by Gasteiger charge is 2.33. The number of ether oxygens (including phenoxy) is 1. The van der Waals surface area contributed by atoms with Gasteiger partial charge in [-0.1, -0.05) is 27.7 Å². The van der Waals surface area contributed by atoms with Crippen LogP contribution in [0.2, 0.25) is 0 Å². The minimum atomic E-state index is -5.06. The summed E-state index contributed by atoms with van der Waals surface area (Å²) in [6.45, 7) is 0. The van der Waals surface area contributed by atoms with Gasteiger partial charge in [0.15, 0.2) is 16.7 Å². The van der Waals surface area contributed by atoms with E-state index in [1.165, 1.54) is 0 Å². The Morgan fingerprint density at radius 3 is 2.77 bits per heavy atom. The van der Waals surface area contributed by atoms with Crippen LogP contribution in [0.5, 0.6) is 5.75 Å². The van der Waals surface area contributed by atoms with Crippen LogP contribution in [0.25, 0.3) is 0 Å². The highest BCUT2D eigenvalue weighted by atomic mass is 79.9. The van der Waals surface area contributed by atoms with E-state index in [1.807, 2.05) is 0 Å². The maximum absolute atomic E-state index is 14.1. The molecule has 0 saturated carbocycles. The summed E-state index contributed by atoms with van der Waals surface area (Å²) in [4.78, 5) is 22.1. The van der Waals surface area contributed by atoms with Crippen molar-refractivity contribution in [1.29, 1.82) is 0 Å². The number of carbonyl (C=O) groups excluding carboxylic acids is 1. The lowest BCUT2D eigenvalue weighted by atomic mass is 10.2. The molecule has 2 rings (SSSR count). The molecule has 0 spiro atoms. The largest absolute Gasteiger partial charge is 0.573 e. The number of carboxylic acid groups (broad SMARTS) is 1. The number of rotatable bonds is 5. The van der Waals surface area contributed by atoms with Crippen LogP contribution in [0.3, 0.4) is 0 Å². The maximum atomic E-state index is 14.1. The number of hydrogen-bond donors (Lipinski definition) is 2. The molecular formula is C13H8BrF4N3O4S. The van der Waals surface area contributed by atoms with Crippen LogP contribution in [0.4, 0.5) is 17.6 Å². The fourth-order valence-corrected chi connectivity index (χ4v) is 3.08. The van der Waals surface area contributed by atoms with Gasteiger partial charge in [-0.05, 0) is 12.1 Å². The molecule has 2 N–H and O–H groups in total. The molecule has 0 aliphatic carbocycles. The third-order valence-corrected chi connectivity index (χ3v) is 4.55. The standard InChI is InChI=1S/C13H8BrF4N3O4S/c14-6-1-2-7(25-13(16,17)18)10(15)5(6)4-19-21-12-20-11(24)8(26-12)3-9(22)23/h1-2,4,8H,3H2,(H,22,23)(H,20,21,24). The summed E-state index contributed by atoms with van der Waals surface area (Å²) in [6.07, 6.45) is -4.66. The van der Waals surface area contributed by atoms with Crippen molar-refractivity contribution in [3.05, 3.63) is 28.0 Å². The molecule has 0 radical (unpaired) electrons. The van der Waals surface area contributed by atoms with E-state index >= 15 is 0 Å². The molecule has 0 bridgehead atoms. The highest BCUT2D eigenvalue weighted by Crippen LogP contribution is 2.30. The number of amidine groups is 1. The van der Waals surface area contributed by atoms with Crippen LogP contribution < -0.4 is 10.1 Å². The molecule has 1 aliphatic heterocycles. The number of benzene rings is 1. The van der Waals surface area contributed by atoms with Crippen molar-refractivity contribution in [3.63, 3.8) is 0 Å². The first-order valence-corrected chi connectivity index (χ1v) is 8.28. The smallest absolute Gasteiger partial charge is 0.481 e. The minimum Gasteiger partial charge on any atom is -0.481 e. The molecule has 13 heteroatoms. The van der Waals surface area contributed by atoms with Crippen molar-refractivity contribution in [1.82, 2.24) is 5.32 Å². The molecule has 7 nitrogen and oxygen atoms in total. The second-order valence-corrected chi connectivity index (χ2v) is 6.71. The molecule has 1 fully saturated rings. The van der Waals surface area contributed by atoms with Gasteiger partial charge in [-0.2, -0.15) is 5.10 Å². The molecular weight excluding hydrogens is 450 g/mol.